The van der Waals surface area contributed by atoms with Crippen molar-refractivity contribution < 1.29 is 14.1 Å². The molecule has 4 rings (SSSR count). The summed E-state index contributed by atoms with van der Waals surface area (Å²) in [5, 5.41) is 7.10. The molecule has 2 heterocycles. The second kappa shape index (κ2) is 8.34. The standard InChI is InChI=1S/C22H24N4O3/c1-15-9-11-17(12-10-15)23-22(27)26-13-4-3-8-19(26)21-24-20(25-29-21)16-6-5-7-18(14-16)28-2/h5-7,9-12,14,19H,3-4,8,13H2,1-2H3,(H,23,27)/t19-/m0/s1. The Balaban J connectivity index is 1.53. The fraction of sp³-hybridized carbons (Fsp3) is 0.318. The first-order chi connectivity index (χ1) is 14.1. The number of piperidine rings is 1. The van der Waals surface area contributed by atoms with Crippen molar-refractivity contribution in [3.63, 3.8) is 0 Å². The number of aryl methyl sites for hydroxylation is 1. The summed E-state index contributed by atoms with van der Waals surface area (Å²) in [7, 11) is 1.62. The first-order valence-electron chi connectivity index (χ1n) is 9.76. The molecule has 7 nitrogen and oxygen atoms in total. The summed E-state index contributed by atoms with van der Waals surface area (Å²) in [5.74, 6) is 1.68. The third-order valence-electron chi connectivity index (χ3n) is 5.12. The lowest BCUT2D eigenvalue weighted by Gasteiger charge is -2.33. The average molecular weight is 392 g/mol. The van der Waals surface area contributed by atoms with Gasteiger partial charge in [-0.05, 0) is 50.5 Å². The summed E-state index contributed by atoms with van der Waals surface area (Å²) in [6.07, 6.45) is 2.76. The number of hydrogen-bond acceptors (Lipinski definition) is 5. The molecule has 0 radical (unpaired) electrons. The first kappa shape index (κ1) is 19.0. The van der Waals surface area contributed by atoms with Gasteiger partial charge < -0.3 is 19.5 Å². The van der Waals surface area contributed by atoms with Crippen molar-refractivity contribution in [1.82, 2.24) is 15.0 Å². The van der Waals surface area contributed by atoms with Gasteiger partial charge in [-0.15, -0.1) is 0 Å². The number of amides is 2. The Hall–Kier alpha value is -3.35. The van der Waals surface area contributed by atoms with E-state index < -0.39 is 0 Å². The Kier molecular flexibility index (Phi) is 5.46. The van der Waals surface area contributed by atoms with Crippen LogP contribution >= 0.6 is 0 Å². The molecule has 0 unspecified atom stereocenters. The third-order valence-corrected chi connectivity index (χ3v) is 5.12. The zero-order valence-corrected chi connectivity index (χ0v) is 16.6. The maximum absolute atomic E-state index is 12.9. The molecule has 0 spiro atoms. The normalized spacial score (nSPS) is 16.5. The lowest BCUT2D eigenvalue weighted by molar-refractivity contribution is 0.142. The molecule has 2 amide bonds. The number of ether oxygens (including phenoxy) is 1. The zero-order valence-electron chi connectivity index (χ0n) is 16.6. The van der Waals surface area contributed by atoms with Crippen molar-refractivity contribution in [3.05, 3.63) is 60.0 Å². The van der Waals surface area contributed by atoms with Crippen LogP contribution in [0.4, 0.5) is 10.5 Å². The molecule has 1 N–H and O–H groups in total. The fourth-order valence-corrected chi connectivity index (χ4v) is 3.51. The maximum atomic E-state index is 12.9. The molecule has 1 aliphatic heterocycles. The van der Waals surface area contributed by atoms with Crippen molar-refractivity contribution in [3.8, 4) is 17.1 Å². The molecule has 1 atom stereocenters. The molecule has 1 aliphatic rings. The molecule has 7 heteroatoms. The maximum Gasteiger partial charge on any atom is 0.322 e. The molecule has 150 valence electrons. The smallest absolute Gasteiger partial charge is 0.322 e. The van der Waals surface area contributed by atoms with E-state index in [0.717, 1.165) is 41.8 Å². The van der Waals surface area contributed by atoms with Gasteiger partial charge in [-0.1, -0.05) is 35.0 Å². The van der Waals surface area contributed by atoms with Crippen molar-refractivity contribution in [1.29, 1.82) is 0 Å². The second-order valence-corrected chi connectivity index (χ2v) is 7.19. The molecule has 0 aliphatic carbocycles. The van der Waals surface area contributed by atoms with Gasteiger partial charge in [0.25, 0.3) is 0 Å². The van der Waals surface area contributed by atoms with Gasteiger partial charge >= 0.3 is 6.03 Å². The van der Waals surface area contributed by atoms with Crippen LogP contribution in [0.25, 0.3) is 11.4 Å². The number of carbonyl (C=O) groups excluding carboxylic acids is 1. The van der Waals surface area contributed by atoms with Crippen molar-refractivity contribution >= 4 is 11.7 Å². The quantitative estimate of drug-likeness (QED) is 0.689. The van der Waals surface area contributed by atoms with Crippen molar-refractivity contribution in [2.24, 2.45) is 0 Å². The second-order valence-electron chi connectivity index (χ2n) is 7.19. The number of likely N-dealkylation sites (tertiary alicyclic amines) is 1. The van der Waals surface area contributed by atoms with Crippen LogP contribution in [0, 0.1) is 6.92 Å². The van der Waals surface area contributed by atoms with Gasteiger partial charge in [0.15, 0.2) is 0 Å². The third kappa shape index (κ3) is 4.23. The van der Waals surface area contributed by atoms with E-state index in [9.17, 15) is 4.79 Å². The molecule has 1 fully saturated rings. The van der Waals surface area contributed by atoms with Crippen LogP contribution in [0.5, 0.6) is 5.75 Å². The summed E-state index contributed by atoms with van der Waals surface area (Å²) in [6.45, 7) is 2.67. The Labute approximate surface area is 169 Å². The number of methoxy groups -OCH3 is 1. The summed E-state index contributed by atoms with van der Waals surface area (Å²) < 4.78 is 10.8. The first-order valence-corrected chi connectivity index (χ1v) is 9.76. The summed E-state index contributed by atoms with van der Waals surface area (Å²) in [6, 6.07) is 14.9. The van der Waals surface area contributed by atoms with Gasteiger partial charge in [-0.3, -0.25) is 0 Å². The monoisotopic (exact) mass is 392 g/mol. The lowest BCUT2D eigenvalue weighted by atomic mass is 10.0. The highest BCUT2D eigenvalue weighted by Crippen LogP contribution is 2.32. The molecular weight excluding hydrogens is 368 g/mol. The zero-order chi connectivity index (χ0) is 20.2. The predicted octanol–water partition coefficient (Wildman–Crippen LogP) is 4.81. The molecule has 1 aromatic heterocycles. The Bertz CT molecular complexity index is 984. The van der Waals surface area contributed by atoms with Gasteiger partial charge in [0, 0.05) is 17.8 Å². The predicted molar refractivity (Wildman–Crippen MR) is 110 cm³/mol. The minimum absolute atomic E-state index is 0.153. The Morgan fingerprint density at radius 3 is 2.83 bits per heavy atom. The number of aromatic nitrogens is 2. The van der Waals surface area contributed by atoms with Crippen LogP contribution in [0.1, 0.15) is 36.8 Å². The largest absolute Gasteiger partial charge is 0.497 e. The summed E-state index contributed by atoms with van der Waals surface area (Å²) >= 11 is 0. The van der Waals surface area contributed by atoms with Gasteiger partial charge in [-0.2, -0.15) is 4.98 Å². The van der Waals surface area contributed by atoms with Crippen LogP contribution in [-0.2, 0) is 0 Å². The molecular formula is C22H24N4O3. The highest BCUT2D eigenvalue weighted by Gasteiger charge is 2.32. The Morgan fingerprint density at radius 1 is 1.21 bits per heavy atom. The minimum Gasteiger partial charge on any atom is -0.497 e. The highest BCUT2D eigenvalue weighted by molar-refractivity contribution is 5.89. The highest BCUT2D eigenvalue weighted by atomic mass is 16.5. The van der Waals surface area contributed by atoms with E-state index in [1.165, 1.54) is 0 Å². The van der Waals surface area contributed by atoms with Crippen LogP contribution in [-0.4, -0.2) is 34.7 Å². The van der Waals surface area contributed by atoms with E-state index in [0.29, 0.717) is 18.3 Å². The summed E-state index contributed by atoms with van der Waals surface area (Å²) in [5.41, 5.74) is 2.73. The average Bonchev–Trinajstić information content (AvgIpc) is 3.25. The molecule has 0 bridgehead atoms. The van der Waals surface area contributed by atoms with Crippen molar-refractivity contribution in [2.45, 2.75) is 32.2 Å². The van der Waals surface area contributed by atoms with Crippen LogP contribution in [0.2, 0.25) is 0 Å². The van der Waals surface area contributed by atoms with Crippen LogP contribution in [0.3, 0.4) is 0 Å². The number of nitrogens with one attached hydrogen (secondary N) is 1. The van der Waals surface area contributed by atoms with Crippen LogP contribution in [0.15, 0.2) is 53.1 Å². The number of rotatable bonds is 4. The number of benzene rings is 2. The number of urea groups is 1. The Morgan fingerprint density at radius 2 is 2.03 bits per heavy atom. The number of hydrogen-bond donors (Lipinski definition) is 1. The molecule has 0 saturated carbocycles. The topological polar surface area (TPSA) is 80.5 Å². The number of carbonyl (C=O) groups is 1. The van der Waals surface area contributed by atoms with Gasteiger partial charge in [-0.25, -0.2) is 4.79 Å². The molecule has 3 aromatic rings. The van der Waals surface area contributed by atoms with E-state index in [2.05, 4.69) is 15.5 Å². The molecule has 1 saturated heterocycles. The number of nitrogens with zero attached hydrogens (tertiary/aromatic N) is 3. The van der Waals surface area contributed by atoms with Crippen molar-refractivity contribution in [2.75, 3.05) is 19.0 Å². The van der Waals surface area contributed by atoms with E-state index in [-0.39, 0.29) is 12.1 Å². The van der Waals surface area contributed by atoms with E-state index in [4.69, 9.17) is 9.26 Å². The van der Waals surface area contributed by atoms with Gasteiger partial charge in [0.1, 0.15) is 11.8 Å². The SMILES string of the molecule is COc1cccc(-c2noc([C@@H]3CCCCN3C(=O)Nc3ccc(C)cc3)n2)c1. The fourth-order valence-electron chi connectivity index (χ4n) is 3.51. The number of anilines is 1. The lowest BCUT2D eigenvalue weighted by Crippen LogP contribution is -2.41. The van der Waals surface area contributed by atoms with Gasteiger partial charge in [0.2, 0.25) is 11.7 Å². The van der Waals surface area contributed by atoms with Gasteiger partial charge in [0.05, 0.1) is 7.11 Å². The summed E-state index contributed by atoms with van der Waals surface area (Å²) in [4.78, 5) is 19.3. The van der Waals surface area contributed by atoms with E-state index >= 15 is 0 Å². The minimum atomic E-state index is -0.235. The van der Waals surface area contributed by atoms with E-state index in [1.54, 1.807) is 12.0 Å². The van der Waals surface area contributed by atoms with Crippen LogP contribution < -0.4 is 10.1 Å². The molecule has 29 heavy (non-hydrogen) atoms. The molecule has 2 aromatic carbocycles. The van der Waals surface area contributed by atoms with E-state index in [1.807, 2.05) is 55.5 Å².